The van der Waals surface area contributed by atoms with Gasteiger partial charge in [-0.1, -0.05) is 35.9 Å². The molecular weight excluding hydrogens is 421 g/mol. The number of ether oxygens (including phenoxy) is 2. The van der Waals surface area contributed by atoms with Gasteiger partial charge in [0.15, 0.2) is 6.10 Å². The topological polar surface area (TPSA) is 81.7 Å². The van der Waals surface area contributed by atoms with Crippen LogP contribution in [0.2, 0.25) is 0 Å². The van der Waals surface area contributed by atoms with Crippen molar-refractivity contribution in [2.24, 2.45) is 0 Å². The summed E-state index contributed by atoms with van der Waals surface area (Å²) in [5.74, 6) is -2.49. The van der Waals surface area contributed by atoms with Crippen molar-refractivity contribution in [3.8, 4) is 11.1 Å². The van der Waals surface area contributed by atoms with E-state index in [1.807, 2.05) is 31.2 Å². The third kappa shape index (κ3) is 4.06. The zero-order valence-corrected chi connectivity index (χ0v) is 17.5. The van der Waals surface area contributed by atoms with Crippen molar-refractivity contribution in [1.29, 1.82) is 0 Å². The third-order valence-corrected chi connectivity index (χ3v) is 5.97. The summed E-state index contributed by atoms with van der Waals surface area (Å²) in [5.41, 5.74) is 3.47. The molecule has 0 fully saturated rings. The number of esters is 2. The van der Waals surface area contributed by atoms with Crippen molar-refractivity contribution < 1.29 is 28.2 Å². The number of carbonyl (C=O) groups is 3. The van der Waals surface area contributed by atoms with Gasteiger partial charge in [0.2, 0.25) is 0 Å². The highest BCUT2D eigenvalue weighted by Gasteiger charge is 2.33. The number of benzene rings is 2. The fourth-order valence-electron chi connectivity index (χ4n) is 3.37. The van der Waals surface area contributed by atoms with Crippen molar-refractivity contribution in [2.75, 3.05) is 12.4 Å². The predicted molar refractivity (Wildman–Crippen MR) is 114 cm³/mol. The highest BCUT2D eigenvalue weighted by Crippen LogP contribution is 2.37. The predicted octanol–water partition coefficient (Wildman–Crippen LogP) is 4.37. The number of methoxy groups -OCH3 is 1. The average molecular weight is 439 g/mol. The number of aryl methyl sites for hydroxylation is 1. The molecule has 3 aromatic rings. The van der Waals surface area contributed by atoms with Gasteiger partial charge < -0.3 is 14.8 Å². The van der Waals surface area contributed by atoms with E-state index in [0.717, 1.165) is 28.5 Å². The van der Waals surface area contributed by atoms with Crippen LogP contribution in [0.1, 0.15) is 31.2 Å². The molecule has 0 radical (unpaired) electrons. The van der Waals surface area contributed by atoms with E-state index in [0.29, 0.717) is 16.8 Å². The van der Waals surface area contributed by atoms with Crippen LogP contribution in [0.3, 0.4) is 0 Å². The number of cyclic esters (lactones) is 1. The molecule has 1 aliphatic heterocycles. The summed E-state index contributed by atoms with van der Waals surface area (Å²) in [6.45, 7) is 1.96. The summed E-state index contributed by atoms with van der Waals surface area (Å²) in [5, 5.41) is 4.50. The van der Waals surface area contributed by atoms with E-state index < -0.39 is 29.8 Å². The average Bonchev–Trinajstić information content (AvgIpc) is 3.17. The second kappa shape index (κ2) is 8.31. The van der Waals surface area contributed by atoms with Crippen LogP contribution in [0.5, 0.6) is 0 Å². The van der Waals surface area contributed by atoms with E-state index in [2.05, 4.69) is 5.32 Å². The van der Waals surface area contributed by atoms with Gasteiger partial charge in [-0.05, 0) is 30.2 Å². The van der Waals surface area contributed by atoms with Gasteiger partial charge in [-0.2, -0.15) is 0 Å². The monoisotopic (exact) mass is 439 g/mol. The highest BCUT2D eigenvalue weighted by atomic mass is 32.1. The molecule has 0 bridgehead atoms. The second-order valence-electron chi connectivity index (χ2n) is 7.10. The Bertz CT molecular complexity index is 1190. The molecule has 1 aromatic heterocycles. The normalized spacial score (nSPS) is 15.1. The molecule has 1 unspecified atom stereocenters. The number of hydrogen-bond donors (Lipinski definition) is 1. The van der Waals surface area contributed by atoms with E-state index in [1.165, 1.54) is 19.2 Å². The maximum absolute atomic E-state index is 13.4. The molecule has 2 heterocycles. The van der Waals surface area contributed by atoms with Gasteiger partial charge in [0.05, 0.1) is 18.4 Å². The molecular formula is C23H18FNO5S. The molecule has 0 saturated carbocycles. The number of nitrogens with one attached hydrogen (secondary N) is 1. The number of thiophene rings is 1. The summed E-state index contributed by atoms with van der Waals surface area (Å²) >= 11 is 1.15. The number of rotatable bonds is 4. The summed E-state index contributed by atoms with van der Waals surface area (Å²) in [6.07, 6.45) is -1.01. The Balaban J connectivity index is 1.65. The number of amides is 1. The first-order valence-corrected chi connectivity index (χ1v) is 10.3. The fourth-order valence-corrected chi connectivity index (χ4v) is 4.32. The van der Waals surface area contributed by atoms with Gasteiger partial charge in [0, 0.05) is 17.4 Å². The molecule has 0 saturated heterocycles. The Morgan fingerprint density at radius 3 is 2.61 bits per heavy atom. The SMILES string of the molecule is COC(=O)c1scc(-c2ccc(C)cc2)c1NC(=O)C1Cc2ccc(F)cc2C(=O)O1. The quantitative estimate of drug-likeness (QED) is 0.611. The number of fused-ring (bicyclic) bond motifs is 1. The van der Waals surface area contributed by atoms with Crippen LogP contribution in [0.25, 0.3) is 11.1 Å². The number of carbonyl (C=O) groups excluding carboxylic acids is 3. The summed E-state index contributed by atoms with van der Waals surface area (Å²) in [6, 6.07) is 11.4. The van der Waals surface area contributed by atoms with Gasteiger partial charge in [-0.15, -0.1) is 11.3 Å². The largest absolute Gasteiger partial charge is 0.465 e. The Labute approximate surface area is 181 Å². The summed E-state index contributed by atoms with van der Waals surface area (Å²) in [7, 11) is 1.26. The molecule has 8 heteroatoms. The lowest BCUT2D eigenvalue weighted by Crippen LogP contribution is -2.38. The van der Waals surface area contributed by atoms with Gasteiger partial charge in [-0.3, -0.25) is 4.79 Å². The minimum Gasteiger partial charge on any atom is -0.465 e. The minimum atomic E-state index is -1.11. The third-order valence-electron chi connectivity index (χ3n) is 5.01. The number of anilines is 1. The van der Waals surface area contributed by atoms with E-state index in [9.17, 15) is 18.8 Å². The Kier molecular flexibility index (Phi) is 5.56. The maximum atomic E-state index is 13.4. The zero-order chi connectivity index (χ0) is 22.1. The van der Waals surface area contributed by atoms with Crippen molar-refractivity contribution >= 4 is 34.9 Å². The van der Waals surface area contributed by atoms with E-state index in [1.54, 1.807) is 5.38 Å². The van der Waals surface area contributed by atoms with Gasteiger partial charge in [0.1, 0.15) is 10.7 Å². The zero-order valence-electron chi connectivity index (χ0n) is 16.7. The number of hydrogen-bond acceptors (Lipinski definition) is 6. The molecule has 2 aromatic carbocycles. The fraction of sp³-hybridized carbons (Fsp3) is 0.174. The van der Waals surface area contributed by atoms with E-state index in [-0.39, 0.29) is 16.9 Å². The van der Waals surface area contributed by atoms with Crippen LogP contribution < -0.4 is 5.32 Å². The van der Waals surface area contributed by atoms with Crippen LogP contribution in [0, 0.1) is 12.7 Å². The van der Waals surface area contributed by atoms with Gasteiger partial charge in [0.25, 0.3) is 5.91 Å². The molecule has 158 valence electrons. The molecule has 4 rings (SSSR count). The summed E-state index contributed by atoms with van der Waals surface area (Å²) in [4.78, 5) is 37.7. The van der Waals surface area contributed by atoms with Crippen LogP contribution in [-0.2, 0) is 20.7 Å². The first-order chi connectivity index (χ1) is 14.9. The number of halogens is 1. The van der Waals surface area contributed by atoms with Crippen LogP contribution >= 0.6 is 11.3 Å². The molecule has 0 spiro atoms. The second-order valence-corrected chi connectivity index (χ2v) is 7.98. The van der Waals surface area contributed by atoms with Crippen molar-refractivity contribution in [3.63, 3.8) is 0 Å². The lowest BCUT2D eigenvalue weighted by molar-refractivity contribution is -0.125. The van der Waals surface area contributed by atoms with Crippen LogP contribution in [0.4, 0.5) is 10.1 Å². The summed E-state index contributed by atoms with van der Waals surface area (Å²) < 4.78 is 23.5. The van der Waals surface area contributed by atoms with Crippen LogP contribution in [-0.4, -0.2) is 31.1 Å². The van der Waals surface area contributed by atoms with Gasteiger partial charge in [-0.25, -0.2) is 14.0 Å². The first-order valence-electron chi connectivity index (χ1n) is 9.44. The maximum Gasteiger partial charge on any atom is 0.350 e. The lowest BCUT2D eigenvalue weighted by Gasteiger charge is -2.24. The Morgan fingerprint density at radius 1 is 1.16 bits per heavy atom. The van der Waals surface area contributed by atoms with Gasteiger partial charge >= 0.3 is 11.9 Å². The molecule has 1 N–H and O–H groups in total. The molecule has 31 heavy (non-hydrogen) atoms. The first kappa shape index (κ1) is 20.7. The Morgan fingerprint density at radius 2 is 1.90 bits per heavy atom. The lowest BCUT2D eigenvalue weighted by atomic mass is 9.98. The molecule has 6 nitrogen and oxygen atoms in total. The molecule has 0 aliphatic carbocycles. The Hall–Kier alpha value is -3.52. The highest BCUT2D eigenvalue weighted by molar-refractivity contribution is 7.13. The minimum absolute atomic E-state index is 0.102. The van der Waals surface area contributed by atoms with Crippen LogP contribution in [0.15, 0.2) is 47.8 Å². The smallest absolute Gasteiger partial charge is 0.350 e. The van der Waals surface area contributed by atoms with E-state index >= 15 is 0 Å². The van der Waals surface area contributed by atoms with Crippen molar-refractivity contribution in [2.45, 2.75) is 19.4 Å². The molecule has 1 atom stereocenters. The van der Waals surface area contributed by atoms with E-state index in [4.69, 9.17) is 9.47 Å². The molecule has 1 amide bonds. The van der Waals surface area contributed by atoms with Crippen molar-refractivity contribution in [3.05, 3.63) is 75.2 Å². The van der Waals surface area contributed by atoms with Crippen molar-refractivity contribution in [1.82, 2.24) is 0 Å². The molecule has 1 aliphatic rings. The standard InChI is InChI=1S/C23H18FNO5S/c1-12-3-5-13(6-4-12)17-11-31-20(23(28)29-2)19(17)25-21(26)18-9-14-7-8-15(24)10-16(14)22(27)30-18/h3-8,10-11,18H,9H2,1-2H3,(H,25,26).